The number of anilines is 1. The topological polar surface area (TPSA) is 57.8 Å². The fourth-order valence-corrected chi connectivity index (χ4v) is 2.63. The molecule has 4 nitrogen and oxygen atoms in total. The zero-order valence-electron chi connectivity index (χ0n) is 8.31. The van der Waals surface area contributed by atoms with E-state index in [4.69, 9.17) is 0 Å². The van der Waals surface area contributed by atoms with Crippen LogP contribution in [0.4, 0.5) is 5.95 Å². The Balaban J connectivity index is 1.68. The summed E-state index contributed by atoms with van der Waals surface area (Å²) in [7, 11) is 0. The predicted octanol–water partition coefficient (Wildman–Crippen LogP) is 1.56. The van der Waals surface area contributed by atoms with Crippen molar-refractivity contribution in [2.45, 2.75) is 12.8 Å². The van der Waals surface area contributed by atoms with Crippen molar-refractivity contribution in [2.24, 2.45) is 17.8 Å². The van der Waals surface area contributed by atoms with E-state index in [-0.39, 0.29) is 11.8 Å². The number of aromatic nitrogens is 2. The molecule has 2 aliphatic carbocycles. The Morgan fingerprint density at radius 1 is 1.47 bits per heavy atom. The number of nitrogens with one attached hydrogen (secondary N) is 2. The fraction of sp³-hybridized carbons (Fsp3) is 0.455. The van der Waals surface area contributed by atoms with Crippen LogP contribution in [0.5, 0.6) is 0 Å². The molecule has 2 aliphatic rings. The van der Waals surface area contributed by atoms with E-state index >= 15 is 0 Å². The zero-order valence-corrected chi connectivity index (χ0v) is 8.31. The van der Waals surface area contributed by atoms with Gasteiger partial charge in [0.2, 0.25) is 11.9 Å². The maximum Gasteiger partial charge on any atom is 0.230 e. The lowest BCUT2D eigenvalue weighted by molar-refractivity contribution is -0.120. The van der Waals surface area contributed by atoms with E-state index in [1.54, 1.807) is 12.4 Å². The predicted molar refractivity (Wildman–Crippen MR) is 56.1 cm³/mol. The first kappa shape index (κ1) is 8.71. The van der Waals surface area contributed by atoms with E-state index in [0.717, 1.165) is 12.8 Å². The Morgan fingerprint density at radius 3 is 3.00 bits per heavy atom. The third-order valence-corrected chi connectivity index (χ3v) is 3.36. The van der Waals surface area contributed by atoms with Gasteiger partial charge in [-0.1, -0.05) is 12.2 Å². The number of nitrogens with zero attached hydrogens (tertiary/aromatic N) is 1. The first-order chi connectivity index (χ1) is 7.33. The van der Waals surface area contributed by atoms with Crippen molar-refractivity contribution < 1.29 is 4.79 Å². The van der Waals surface area contributed by atoms with Crippen molar-refractivity contribution in [1.82, 2.24) is 9.97 Å². The smallest absolute Gasteiger partial charge is 0.230 e. The van der Waals surface area contributed by atoms with Crippen LogP contribution in [0.3, 0.4) is 0 Å². The molecule has 0 saturated heterocycles. The minimum atomic E-state index is 0.0989. The lowest BCUT2D eigenvalue weighted by Crippen LogP contribution is -2.26. The van der Waals surface area contributed by atoms with Gasteiger partial charge in [0.25, 0.3) is 0 Å². The monoisotopic (exact) mass is 203 g/mol. The zero-order chi connectivity index (χ0) is 10.3. The molecule has 3 rings (SSSR count). The molecule has 0 aliphatic heterocycles. The second-order valence-electron chi connectivity index (χ2n) is 4.31. The van der Waals surface area contributed by atoms with E-state index in [1.165, 1.54) is 0 Å². The molecule has 1 saturated carbocycles. The summed E-state index contributed by atoms with van der Waals surface area (Å²) in [4.78, 5) is 18.8. The Hall–Kier alpha value is -1.58. The van der Waals surface area contributed by atoms with Crippen LogP contribution in [-0.4, -0.2) is 15.9 Å². The van der Waals surface area contributed by atoms with Crippen molar-refractivity contribution in [3.63, 3.8) is 0 Å². The van der Waals surface area contributed by atoms with Crippen LogP contribution in [0.25, 0.3) is 0 Å². The summed E-state index contributed by atoms with van der Waals surface area (Å²) in [5, 5.41) is 2.81. The van der Waals surface area contributed by atoms with Crippen molar-refractivity contribution >= 4 is 11.9 Å². The number of hydrogen-bond acceptors (Lipinski definition) is 2. The average Bonchev–Trinajstić information content (AvgIpc) is 2.93. The highest BCUT2D eigenvalue weighted by molar-refractivity contribution is 5.91. The van der Waals surface area contributed by atoms with E-state index in [0.29, 0.717) is 17.8 Å². The van der Waals surface area contributed by atoms with E-state index < -0.39 is 0 Å². The molecule has 1 aromatic heterocycles. The Kier molecular flexibility index (Phi) is 1.87. The highest BCUT2D eigenvalue weighted by atomic mass is 16.2. The molecule has 0 radical (unpaired) electrons. The Morgan fingerprint density at radius 2 is 2.40 bits per heavy atom. The van der Waals surface area contributed by atoms with Crippen LogP contribution in [0.2, 0.25) is 0 Å². The molecule has 4 heteroatoms. The number of fused-ring (bicyclic) bond motifs is 2. The summed E-state index contributed by atoms with van der Waals surface area (Å²) in [5.74, 6) is 1.87. The van der Waals surface area contributed by atoms with Gasteiger partial charge in [-0.15, -0.1) is 0 Å². The number of H-pyrrole nitrogens is 1. The summed E-state index contributed by atoms with van der Waals surface area (Å²) in [6.07, 6.45) is 9.90. The van der Waals surface area contributed by atoms with E-state index in [1.807, 2.05) is 0 Å². The van der Waals surface area contributed by atoms with Gasteiger partial charge in [-0.3, -0.25) is 10.1 Å². The highest BCUT2D eigenvalue weighted by Crippen LogP contribution is 2.43. The maximum absolute atomic E-state index is 11.9. The standard InChI is InChI=1S/C11H13N3O/c15-10(14-11-12-3-4-13-11)9-6-7-1-2-8(9)5-7/h1-4,7-9H,5-6H2,(H2,12,13,14,15). The molecular weight excluding hydrogens is 190 g/mol. The molecule has 0 aromatic carbocycles. The third kappa shape index (κ3) is 1.46. The largest absolute Gasteiger partial charge is 0.331 e. The number of hydrogen-bond donors (Lipinski definition) is 2. The molecule has 1 fully saturated rings. The number of carbonyl (C=O) groups is 1. The van der Waals surface area contributed by atoms with Gasteiger partial charge in [0.1, 0.15) is 0 Å². The van der Waals surface area contributed by atoms with Crippen LogP contribution in [0.15, 0.2) is 24.5 Å². The lowest BCUT2D eigenvalue weighted by Gasteiger charge is -2.16. The molecule has 1 amide bonds. The van der Waals surface area contributed by atoms with Gasteiger partial charge in [-0.05, 0) is 24.7 Å². The number of amides is 1. The Bertz CT molecular complexity index is 396. The molecule has 1 aromatic rings. The molecule has 2 N–H and O–H groups in total. The quantitative estimate of drug-likeness (QED) is 0.717. The van der Waals surface area contributed by atoms with E-state index in [9.17, 15) is 4.79 Å². The highest BCUT2D eigenvalue weighted by Gasteiger charge is 2.39. The number of aromatic amines is 1. The third-order valence-electron chi connectivity index (χ3n) is 3.36. The fourth-order valence-electron chi connectivity index (χ4n) is 2.63. The van der Waals surface area contributed by atoms with Gasteiger partial charge in [0.05, 0.1) is 0 Å². The first-order valence-corrected chi connectivity index (χ1v) is 5.31. The molecule has 1 heterocycles. The molecule has 0 spiro atoms. The van der Waals surface area contributed by atoms with Crippen LogP contribution in [-0.2, 0) is 4.79 Å². The lowest BCUT2D eigenvalue weighted by atomic mass is 9.93. The van der Waals surface area contributed by atoms with Gasteiger partial charge < -0.3 is 4.98 Å². The molecule has 15 heavy (non-hydrogen) atoms. The van der Waals surface area contributed by atoms with Crippen molar-refractivity contribution in [2.75, 3.05) is 5.32 Å². The number of allylic oxidation sites excluding steroid dienone is 2. The minimum absolute atomic E-state index is 0.0989. The number of carbonyl (C=O) groups excluding carboxylic acids is 1. The first-order valence-electron chi connectivity index (χ1n) is 5.31. The second kappa shape index (κ2) is 3.22. The summed E-state index contributed by atoms with van der Waals surface area (Å²) >= 11 is 0. The summed E-state index contributed by atoms with van der Waals surface area (Å²) in [6.45, 7) is 0. The average molecular weight is 203 g/mol. The van der Waals surface area contributed by atoms with Crippen molar-refractivity contribution in [3.05, 3.63) is 24.5 Å². The number of rotatable bonds is 2. The van der Waals surface area contributed by atoms with Gasteiger partial charge in [-0.2, -0.15) is 0 Å². The summed E-state index contributed by atoms with van der Waals surface area (Å²) < 4.78 is 0. The summed E-state index contributed by atoms with van der Waals surface area (Å²) in [5.41, 5.74) is 0. The number of imidazole rings is 1. The minimum Gasteiger partial charge on any atom is -0.331 e. The van der Waals surface area contributed by atoms with Gasteiger partial charge in [-0.25, -0.2) is 4.98 Å². The second-order valence-corrected chi connectivity index (χ2v) is 4.31. The van der Waals surface area contributed by atoms with Gasteiger partial charge >= 0.3 is 0 Å². The SMILES string of the molecule is O=C(Nc1ncc[nH]1)C1CC2C=CC1C2. The maximum atomic E-state index is 11.9. The van der Waals surface area contributed by atoms with Gasteiger partial charge in [0.15, 0.2) is 0 Å². The molecule has 3 atom stereocenters. The Labute approximate surface area is 87.8 Å². The van der Waals surface area contributed by atoms with Crippen LogP contribution >= 0.6 is 0 Å². The summed E-state index contributed by atoms with van der Waals surface area (Å²) in [6, 6.07) is 0. The van der Waals surface area contributed by atoms with Crippen molar-refractivity contribution in [3.8, 4) is 0 Å². The van der Waals surface area contributed by atoms with Gasteiger partial charge in [0, 0.05) is 18.3 Å². The molecule has 3 unspecified atom stereocenters. The van der Waals surface area contributed by atoms with Crippen molar-refractivity contribution in [1.29, 1.82) is 0 Å². The van der Waals surface area contributed by atoms with Crippen LogP contribution in [0.1, 0.15) is 12.8 Å². The molecular formula is C11H13N3O. The van der Waals surface area contributed by atoms with Crippen LogP contribution in [0, 0.1) is 17.8 Å². The molecule has 2 bridgehead atoms. The molecule has 78 valence electrons. The normalized spacial score (nSPS) is 32.1. The van der Waals surface area contributed by atoms with Crippen LogP contribution < -0.4 is 5.32 Å². The van der Waals surface area contributed by atoms with E-state index in [2.05, 4.69) is 27.4 Å².